The van der Waals surface area contributed by atoms with E-state index in [0.29, 0.717) is 19.6 Å². The van der Waals surface area contributed by atoms with E-state index in [9.17, 15) is 4.79 Å². The molecule has 1 atom stereocenters. The summed E-state index contributed by atoms with van der Waals surface area (Å²) in [4.78, 5) is 22.3. The second-order valence-electron chi connectivity index (χ2n) is 6.71. The van der Waals surface area contributed by atoms with Crippen molar-refractivity contribution in [3.8, 4) is 0 Å². The van der Waals surface area contributed by atoms with Gasteiger partial charge in [0.05, 0.1) is 18.8 Å². The third-order valence-electron chi connectivity index (χ3n) is 4.39. The molecule has 160 valence electrons. The third-order valence-corrected chi connectivity index (χ3v) is 5.44. The topological polar surface area (TPSA) is 76.0 Å². The Kier molecular flexibility index (Phi) is 12.5. The third kappa shape index (κ3) is 9.50. The summed E-state index contributed by atoms with van der Waals surface area (Å²) in [6.45, 7) is 5.91. The minimum Gasteiger partial charge on any atom is -0.466 e. The zero-order valence-corrected chi connectivity index (χ0v) is 18.8. The molecule has 0 bridgehead atoms. The summed E-state index contributed by atoms with van der Waals surface area (Å²) >= 11 is 1.63. The number of guanidine groups is 1. The lowest BCUT2D eigenvalue weighted by Crippen LogP contribution is -2.38. The lowest BCUT2D eigenvalue weighted by atomic mass is 10.1. The molecule has 7 nitrogen and oxygen atoms in total. The van der Waals surface area contributed by atoms with Crippen LogP contribution in [0.3, 0.4) is 0 Å². The van der Waals surface area contributed by atoms with Crippen LogP contribution in [0.5, 0.6) is 0 Å². The van der Waals surface area contributed by atoms with E-state index in [0.717, 1.165) is 55.3 Å². The van der Waals surface area contributed by atoms with Crippen LogP contribution in [0, 0.1) is 0 Å². The van der Waals surface area contributed by atoms with E-state index in [1.165, 1.54) is 0 Å². The van der Waals surface area contributed by atoms with Crippen LogP contribution in [0.1, 0.15) is 69.2 Å². The molecule has 0 aliphatic carbocycles. The summed E-state index contributed by atoms with van der Waals surface area (Å²) in [6, 6.07) is 0. The van der Waals surface area contributed by atoms with Gasteiger partial charge in [-0.2, -0.15) is 0 Å². The molecule has 1 heterocycles. The average Bonchev–Trinajstić information content (AvgIpc) is 3.14. The molecule has 0 saturated carbocycles. The van der Waals surface area contributed by atoms with E-state index in [-0.39, 0.29) is 12.1 Å². The number of hydrogen-bond acceptors (Lipinski definition) is 6. The quantitative estimate of drug-likeness (QED) is 0.230. The lowest BCUT2D eigenvalue weighted by molar-refractivity contribution is -0.143. The Balaban J connectivity index is 2.20. The van der Waals surface area contributed by atoms with Crippen molar-refractivity contribution in [2.24, 2.45) is 4.99 Å². The van der Waals surface area contributed by atoms with E-state index >= 15 is 0 Å². The fourth-order valence-electron chi connectivity index (χ4n) is 2.74. The highest BCUT2D eigenvalue weighted by Crippen LogP contribution is 2.20. The van der Waals surface area contributed by atoms with Gasteiger partial charge in [0.15, 0.2) is 5.96 Å². The second-order valence-corrected chi connectivity index (χ2v) is 7.60. The second kappa shape index (κ2) is 14.3. The molecular weight excluding hydrogens is 376 g/mol. The van der Waals surface area contributed by atoms with Gasteiger partial charge in [-0.05, 0) is 26.7 Å². The molecule has 1 rings (SSSR count). The van der Waals surface area contributed by atoms with E-state index in [4.69, 9.17) is 9.47 Å². The highest BCUT2D eigenvalue weighted by molar-refractivity contribution is 7.09. The Morgan fingerprint density at radius 1 is 1.32 bits per heavy atom. The molecule has 28 heavy (non-hydrogen) atoms. The van der Waals surface area contributed by atoms with Crippen LogP contribution in [-0.2, 0) is 20.8 Å². The van der Waals surface area contributed by atoms with E-state index in [1.807, 2.05) is 20.9 Å². The maximum Gasteiger partial charge on any atom is 0.305 e. The SMILES string of the molecule is CCOC(=O)CCCCCCCNC(=NC)N(C)Cc1csc(C(C)OC)n1. The minimum atomic E-state index is -0.0834. The summed E-state index contributed by atoms with van der Waals surface area (Å²) in [5.41, 5.74) is 1.02. The molecular formula is C20H36N4O3S. The molecule has 1 N–H and O–H groups in total. The number of nitrogens with zero attached hydrogens (tertiary/aromatic N) is 3. The van der Waals surface area contributed by atoms with Crippen LogP contribution >= 0.6 is 11.3 Å². The maximum atomic E-state index is 11.3. The van der Waals surface area contributed by atoms with Crippen LogP contribution in [0.2, 0.25) is 0 Å². The summed E-state index contributed by atoms with van der Waals surface area (Å²) in [5.74, 6) is 0.788. The number of esters is 1. The summed E-state index contributed by atoms with van der Waals surface area (Å²) in [5, 5.41) is 6.48. The minimum absolute atomic E-state index is 0.0267. The molecule has 0 spiro atoms. The zero-order valence-electron chi connectivity index (χ0n) is 18.0. The van der Waals surface area contributed by atoms with Gasteiger partial charge in [0.2, 0.25) is 0 Å². The molecule has 0 amide bonds. The van der Waals surface area contributed by atoms with Gasteiger partial charge in [-0.15, -0.1) is 11.3 Å². The molecule has 1 aromatic rings. The molecule has 0 saturated heterocycles. The fourth-order valence-corrected chi connectivity index (χ4v) is 3.59. The number of ether oxygens (including phenoxy) is 2. The predicted molar refractivity (Wildman–Crippen MR) is 115 cm³/mol. The van der Waals surface area contributed by atoms with Crippen molar-refractivity contribution >= 4 is 23.3 Å². The van der Waals surface area contributed by atoms with Crippen LogP contribution in [0.25, 0.3) is 0 Å². The summed E-state index contributed by atoms with van der Waals surface area (Å²) in [6.07, 6.45) is 5.89. The van der Waals surface area contributed by atoms with Crippen LogP contribution < -0.4 is 5.32 Å². The monoisotopic (exact) mass is 412 g/mol. The Bertz CT molecular complexity index is 592. The number of carbonyl (C=O) groups is 1. The molecule has 1 aromatic heterocycles. The van der Waals surface area contributed by atoms with Crippen LogP contribution in [0.4, 0.5) is 0 Å². The maximum absolute atomic E-state index is 11.3. The zero-order chi connectivity index (χ0) is 20.8. The molecule has 0 aliphatic heterocycles. The molecule has 0 aliphatic rings. The average molecular weight is 413 g/mol. The van der Waals surface area contributed by atoms with E-state index in [1.54, 1.807) is 25.5 Å². The number of aromatic nitrogens is 1. The van der Waals surface area contributed by atoms with Crippen molar-refractivity contribution < 1.29 is 14.3 Å². The molecule has 8 heteroatoms. The van der Waals surface area contributed by atoms with Crippen molar-refractivity contribution in [1.29, 1.82) is 0 Å². The first-order valence-corrected chi connectivity index (χ1v) is 10.9. The van der Waals surface area contributed by atoms with E-state index < -0.39 is 0 Å². The highest BCUT2D eigenvalue weighted by Gasteiger charge is 2.12. The Labute approximate surface area is 173 Å². The number of thiazole rings is 1. The number of carbonyl (C=O) groups excluding carboxylic acids is 1. The van der Waals surface area contributed by atoms with Gasteiger partial charge in [-0.3, -0.25) is 9.79 Å². The normalized spacial score (nSPS) is 12.7. The number of aliphatic imine (C=N–C) groups is 1. The number of nitrogens with one attached hydrogen (secondary N) is 1. The van der Waals surface area contributed by atoms with Crippen LogP contribution in [0.15, 0.2) is 10.4 Å². The van der Waals surface area contributed by atoms with Gasteiger partial charge in [0.25, 0.3) is 0 Å². The molecule has 0 aromatic carbocycles. The summed E-state index contributed by atoms with van der Waals surface area (Å²) in [7, 11) is 5.52. The fraction of sp³-hybridized carbons (Fsp3) is 0.750. The van der Waals surface area contributed by atoms with Crippen molar-refractivity contribution in [2.45, 2.75) is 65.0 Å². The highest BCUT2D eigenvalue weighted by atomic mass is 32.1. The number of methoxy groups -OCH3 is 1. The Morgan fingerprint density at radius 2 is 2.04 bits per heavy atom. The first-order chi connectivity index (χ1) is 13.5. The van der Waals surface area contributed by atoms with Gasteiger partial charge in [-0.1, -0.05) is 19.3 Å². The molecule has 0 radical (unpaired) electrons. The van der Waals surface area contributed by atoms with Crippen LogP contribution in [-0.4, -0.2) is 56.2 Å². The summed E-state index contributed by atoms with van der Waals surface area (Å²) < 4.78 is 10.3. The van der Waals surface area contributed by atoms with Gasteiger partial charge in [0.1, 0.15) is 11.1 Å². The van der Waals surface area contributed by atoms with Gasteiger partial charge >= 0.3 is 5.97 Å². The standard InChI is InChI=1S/C20H36N4O3S/c1-6-27-18(25)12-10-8-7-9-11-13-22-20(21-3)24(4)14-17-15-28-19(23-17)16(2)26-5/h15-16H,6-14H2,1-5H3,(H,21,22). The smallest absolute Gasteiger partial charge is 0.305 e. The van der Waals surface area contributed by atoms with Crippen molar-refractivity contribution in [3.63, 3.8) is 0 Å². The van der Waals surface area contributed by atoms with Gasteiger partial charge in [-0.25, -0.2) is 4.98 Å². The molecule has 1 unspecified atom stereocenters. The predicted octanol–water partition coefficient (Wildman–Crippen LogP) is 3.76. The van der Waals surface area contributed by atoms with E-state index in [2.05, 4.69) is 25.6 Å². The van der Waals surface area contributed by atoms with Gasteiger partial charge in [0, 0.05) is 39.6 Å². The number of unbranched alkanes of at least 4 members (excludes halogenated alkanes) is 4. The van der Waals surface area contributed by atoms with Crippen molar-refractivity contribution in [2.75, 3.05) is 34.4 Å². The Hall–Kier alpha value is -1.67. The first-order valence-electron chi connectivity index (χ1n) is 10.1. The van der Waals surface area contributed by atoms with Crippen molar-refractivity contribution in [1.82, 2.24) is 15.2 Å². The lowest BCUT2D eigenvalue weighted by Gasteiger charge is -2.21. The number of hydrogen-bond donors (Lipinski definition) is 1. The largest absolute Gasteiger partial charge is 0.466 e. The Morgan fingerprint density at radius 3 is 2.71 bits per heavy atom. The molecule has 0 fully saturated rings. The first kappa shape index (κ1) is 24.4. The van der Waals surface area contributed by atoms with Gasteiger partial charge < -0.3 is 19.7 Å². The van der Waals surface area contributed by atoms with Crippen molar-refractivity contribution in [3.05, 3.63) is 16.1 Å². The number of rotatable bonds is 13.